The van der Waals surface area contributed by atoms with Crippen molar-refractivity contribution in [3.8, 4) is 0 Å². The van der Waals surface area contributed by atoms with E-state index in [1.54, 1.807) is 18.2 Å². The highest BCUT2D eigenvalue weighted by Crippen LogP contribution is 2.25. The van der Waals surface area contributed by atoms with Gasteiger partial charge in [-0.25, -0.2) is 8.42 Å². The molecule has 2 heterocycles. The van der Waals surface area contributed by atoms with Crippen LogP contribution in [0.3, 0.4) is 0 Å². The minimum Gasteiger partial charge on any atom is -0.360 e. The molecule has 0 radical (unpaired) electrons. The number of piperidine rings is 1. The molecule has 0 spiro atoms. The number of aromatic nitrogens is 1. The second kappa shape index (κ2) is 6.46. The summed E-state index contributed by atoms with van der Waals surface area (Å²) < 4.78 is 32.5. The Bertz CT molecular complexity index is 555. The van der Waals surface area contributed by atoms with E-state index in [-0.39, 0.29) is 17.0 Å². The molecule has 1 fully saturated rings. The van der Waals surface area contributed by atoms with Crippen molar-refractivity contribution < 1.29 is 12.9 Å². The lowest BCUT2D eigenvalue weighted by Crippen LogP contribution is -2.48. The van der Waals surface area contributed by atoms with Gasteiger partial charge in [-0.3, -0.25) is 0 Å². The second-order valence-electron chi connectivity index (χ2n) is 5.97. The molecule has 0 saturated carbocycles. The Morgan fingerprint density at radius 3 is 2.57 bits per heavy atom. The third-order valence-electron chi connectivity index (χ3n) is 3.92. The molecular weight excluding hydrogens is 290 g/mol. The first-order chi connectivity index (χ1) is 9.84. The molecule has 0 aliphatic carbocycles. The molecule has 1 aliphatic rings. The fourth-order valence-electron chi connectivity index (χ4n) is 2.84. The van der Waals surface area contributed by atoms with E-state index in [4.69, 9.17) is 4.52 Å². The summed E-state index contributed by atoms with van der Waals surface area (Å²) in [7, 11) is -3.58. The van der Waals surface area contributed by atoms with Gasteiger partial charge in [-0.05, 0) is 47.1 Å². The third-order valence-corrected chi connectivity index (χ3v) is 6.21. The van der Waals surface area contributed by atoms with Crippen LogP contribution in [0, 0.1) is 13.8 Å². The fraction of sp³-hybridized carbons (Fsp3) is 0.786. The van der Waals surface area contributed by atoms with Crippen molar-refractivity contribution in [2.45, 2.75) is 63.9 Å². The summed E-state index contributed by atoms with van der Waals surface area (Å²) in [5.74, 6) is 0.356. The average molecular weight is 315 g/mol. The zero-order chi connectivity index (χ0) is 15.6. The molecule has 0 bridgehead atoms. The summed E-state index contributed by atoms with van der Waals surface area (Å²) in [6.45, 7) is 8.56. The van der Waals surface area contributed by atoms with Gasteiger partial charge in [0.2, 0.25) is 10.0 Å². The van der Waals surface area contributed by atoms with Gasteiger partial charge in [-0.15, -0.1) is 0 Å². The van der Waals surface area contributed by atoms with E-state index < -0.39 is 10.0 Å². The summed E-state index contributed by atoms with van der Waals surface area (Å²) in [5, 5.41) is 7.18. The van der Waals surface area contributed by atoms with Crippen molar-refractivity contribution in [3.63, 3.8) is 0 Å². The molecule has 7 heteroatoms. The van der Waals surface area contributed by atoms with Gasteiger partial charge in [-0.1, -0.05) is 11.6 Å². The lowest BCUT2D eigenvalue weighted by molar-refractivity contribution is 0.282. The van der Waals surface area contributed by atoms with Crippen molar-refractivity contribution in [1.82, 2.24) is 14.8 Å². The Labute approximate surface area is 126 Å². The van der Waals surface area contributed by atoms with Crippen LogP contribution in [0.5, 0.6) is 0 Å². The van der Waals surface area contributed by atoms with Gasteiger partial charge in [0.15, 0.2) is 5.76 Å². The minimum absolute atomic E-state index is 0.104. The molecule has 1 aromatic heterocycles. The first-order valence-corrected chi connectivity index (χ1v) is 8.96. The predicted octanol–water partition coefficient (Wildman–Crippen LogP) is 1.83. The number of nitrogens with one attached hydrogen (secondary N) is 1. The van der Waals surface area contributed by atoms with Crippen molar-refractivity contribution in [2.75, 3.05) is 13.1 Å². The number of sulfonamides is 1. The molecule has 6 nitrogen and oxygen atoms in total. The molecule has 21 heavy (non-hydrogen) atoms. The van der Waals surface area contributed by atoms with Gasteiger partial charge < -0.3 is 9.84 Å². The van der Waals surface area contributed by atoms with Crippen molar-refractivity contribution in [1.29, 1.82) is 0 Å². The SMILES string of the molecule is Cc1noc(C)c1S(=O)(=O)N(CC1CCCCN1)C(C)C. The highest BCUT2D eigenvalue weighted by Gasteiger charge is 2.34. The Morgan fingerprint density at radius 1 is 1.38 bits per heavy atom. The molecule has 1 N–H and O–H groups in total. The van der Waals surface area contributed by atoms with E-state index in [1.165, 1.54) is 0 Å². The number of nitrogens with zero attached hydrogens (tertiary/aromatic N) is 2. The molecule has 0 amide bonds. The van der Waals surface area contributed by atoms with Crippen LogP contribution in [0.1, 0.15) is 44.6 Å². The number of hydrogen-bond acceptors (Lipinski definition) is 5. The largest absolute Gasteiger partial charge is 0.360 e. The number of hydrogen-bond donors (Lipinski definition) is 1. The average Bonchev–Trinajstić information content (AvgIpc) is 2.76. The van der Waals surface area contributed by atoms with Crippen molar-refractivity contribution >= 4 is 10.0 Å². The van der Waals surface area contributed by atoms with Crippen LogP contribution in [0.25, 0.3) is 0 Å². The highest BCUT2D eigenvalue weighted by atomic mass is 32.2. The van der Waals surface area contributed by atoms with Crippen LogP contribution in [-0.2, 0) is 10.0 Å². The van der Waals surface area contributed by atoms with Gasteiger partial charge in [0.25, 0.3) is 0 Å². The minimum atomic E-state index is -3.58. The number of aryl methyl sites for hydroxylation is 2. The zero-order valence-electron chi connectivity index (χ0n) is 13.2. The molecule has 1 aliphatic heterocycles. The predicted molar refractivity (Wildman–Crippen MR) is 80.6 cm³/mol. The molecule has 120 valence electrons. The summed E-state index contributed by atoms with van der Waals surface area (Å²) in [6.07, 6.45) is 3.32. The first kappa shape index (κ1) is 16.5. The van der Waals surface area contributed by atoms with Gasteiger partial charge >= 0.3 is 0 Å². The lowest BCUT2D eigenvalue weighted by Gasteiger charge is -2.32. The monoisotopic (exact) mass is 315 g/mol. The van der Waals surface area contributed by atoms with Gasteiger partial charge in [0, 0.05) is 18.6 Å². The molecule has 1 atom stereocenters. The van der Waals surface area contributed by atoms with E-state index >= 15 is 0 Å². The van der Waals surface area contributed by atoms with Gasteiger partial charge in [-0.2, -0.15) is 4.31 Å². The van der Waals surface area contributed by atoms with Crippen LogP contribution in [0.2, 0.25) is 0 Å². The third kappa shape index (κ3) is 3.46. The summed E-state index contributed by atoms with van der Waals surface area (Å²) in [5.41, 5.74) is 0.426. The number of rotatable bonds is 5. The molecule has 1 saturated heterocycles. The Morgan fingerprint density at radius 2 is 2.10 bits per heavy atom. The second-order valence-corrected chi connectivity index (χ2v) is 7.80. The maximum atomic E-state index is 12.9. The normalized spacial score (nSPS) is 20.4. The highest BCUT2D eigenvalue weighted by molar-refractivity contribution is 7.89. The van der Waals surface area contributed by atoms with Crippen LogP contribution in [0.4, 0.5) is 0 Å². The van der Waals surface area contributed by atoms with Crippen LogP contribution in [-0.4, -0.2) is 43.1 Å². The van der Waals surface area contributed by atoms with Crippen LogP contribution in [0.15, 0.2) is 9.42 Å². The zero-order valence-corrected chi connectivity index (χ0v) is 14.0. The Hall–Kier alpha value is -0.920. The van der Waals surface area contributed by atoms with E-state index in [0.717, 1.165) is 25.8 Å². The quantitative estimate of drug-likeness (QED) is 0.897. The van der Waals surface area contributed by atoms with E-state index in [0.29, 0.717) is 18.0 Å². The topological polar surface area (TPSA) is 75.4 Å². The van der Waals surface area contributed by atoms with Crippen molar-refractivity contribution in [2.24, 2.45) is 0 Å². The lowest BCUT2D eigenvalue weighted by atomic mass is 10.1. The van der Waals surface area contributed by atoms with Gasteiger partial charge in [0.05, 0.1) is 0 Å². The summed E-state index contributed by atoms with van der Waals surface area (Å²) >= 11 is 0. The summed E-state index contributed by atoms with van der Waals surface area (Å²) in [4.78, 5) is 0.215. The van der Waals surface area contributed by atoms with E-state index in [9.17, 15) is 8.42 Å². The standard InChI is InChI=1S/C14H25N3O3S/c1-10(2)17(9-13-7-5-6-8-15-13)21(18,19)14-11(3)16-20-12(14)4/h10,13,15H,5-9H2,1-4H3. The Kier molecular flexibility index (Phi) is 5.06. The summed E-state index contributed by atoms with van der Waals surface area (Å²) in [6, 6.07) is 0.115. The molecule has 0 aromatic carbocycles. The van der Waals surface area contributed by atoms with Gasteiger partial charge in [0.1, 0.15) is 10.6 Å². The molecule has 2 rings (SSSR count). The maximum absolute atomic E-state index is 12.9. The van der Waals surface area contributed by atoms with Crippen LogP contribution < -0.4 is 5.32 Å². The molecular formula is C14H25N3O3S. The Balaban J connectivity index is 2.28. The smallest absolute Gasteiger partial charge is 0.248 e. The first-order valence-electron chi connectivity index (χ1n) is 7.52. The van der Waals surface area contributed by atoms with Crippen molar-refractivity contribution in [3.05, 3.63) is 11.5 Å². The maximum Gasteiger partial charge on any atom is 0.248 e. The van der Waals surface area contributed by atoms with E-state index in [2.05, 4.69) is 10.5 Å². The molecule has 1 unspecified atom stereocenters. The van der Waals surface area contributed by atoms with Crippen LogP contribution >= 0.6 is 0 Å². The van der Waals surface area contributed by atoms with E-state index in [1.807, 2.05) is 13.8 Å². The fourth-order valence-corrected chi connectivity index (χ4v) is 4.82. The molecule has 1 aromatic rings.